The summed E-state index contributed by atoms with van der Waals surface area (Å²) in [4.78, 5) is 14.1. The molecule has 0 aromatic heterocycles. The summed E-state index contributed by atoms with van der Waals surface area (Å²) in [5.74, 6) is 0.107. The van der Waals surface area contributed by atoms with E-state index in [-0.39, 0.29) is 11.3 Å². The zero-order valence-corrected chi connectivity index (χ0v) is 11.3. The van der Waals surface area contributed by atoms with Gasteiger partial charge < -0.3 is 16.0 Å². The van der Waals surface area contributed by atoms with E-state index >= 15 is 0 Å². The molecule has 1 heterocycles. The van der Waals surface area contributed by atoms with Gasteiger partial charge in [-0.25, -0.2) is 0 Å². The number of nitrogen functional groups attached to an aromatic ring is 1. The molecule has 0 radical (unpaired) electrons. The lowest BCUT2D eigenvalue weighted by molar-refractivity contribution is -0.128. The van der Waals surface area contributed by atoms with E-state index in [2.05, 4.69) is 16.3 Å². The molecule has 3 N–H and O–H groups in total. The molecule has 1 aliphatic rings. The molecule has 4 nitrogen and oxygen atoms in total. The van der Waals surface area contributed by atoms with Crippen LogP contribution in [0.1, 0.15) is 18.9 Å². The maximum atomic E-state index is 11.9. The van der Waals surface area contributed by atoms with Crippen LogP contribution in [0.2, 0.25) is 0 Å². The molecule has 1 aromatic rings. The Morgan fingerprint density at radius 3 is 2.83 bits per heavy atom. The predicted octanol–water partition coefficient (Wildman–Crippen LogP) is 1.54. The van der Waals surface area contributed by atoms with Gasteiger partial charge in [0.2, 0.25) is 5.91 Å². The summed E-state index contributed by atoms with van der Waals surface area (Å²) in [5.41, 5.74) is 8.72. The lowest BCUT2D eigenvalue weighted by Gasteiger charge is -2.25. The summed E-state index contributed by atoms with van der Waals surface area (Å²) >= 11 is 0. The summed E-state index contributed by atoms with van der Waals surface area (Å²) in [7, 11) is 1.69. The molecular weight excluding hydrogens is 226 g/mol. The summed E-state index contributed by atoms with van der Waals surface area (Å²) in [6, 6.07) is 6.08. The SMILES string of the molecule is CNC(=O)C1(C)CCN(c2ccc(C)cc2N)C1. The van der Waals surface area contributed by atoms with Crippen molar-refractivity contribution in [2.75, 3.05) is 30.8 Å². The van der Waals surface area contributed by atoms with Gasteiger partial charge in [0.05, 0.1) is 16.8 Å². The van der Waals surface area contributed by atoms with E-state index in [4.69, 9.17) is 5.73 Å². The molecule has 1 saturated heterocycles. The maximum absolute atomic E-state index is 11.9. The van der Waals surface area contributed by atoms with Crippen LogP contribution in [0.5, 0.6) is 0 Å². The Hall–Kier alpha value is -1.71. The molecule has 2 rings (SSSR count). The standard InChI is InChI=1S/C14H21N3O/c1-10-4-5-12(11(15)8-10)17-7-6-14(2,9-17)13(18)16-3/h4-5,8H,6-7,9,15H2,1-3H3,(H,16,18). The van der Waals surface area contributed by atoms with Crippen LogP contribution < -0.4 is 16.0 Å². The van der Waals surface area contributed by atoms with Crippen LogP contribution in [0, 0.1) is 12.3 Å². The van der Waals surface area contributed by atoms with Crippen molar-refractivity contribution in [2.45, 2.75) is 20.3 Å². The minimum Gasteiger partial charge on any atom is -0.397 e. The normalized spacial score (nSPS) is 23.2. The molecule has 4 heteroatoms. The van der Waals surface area contributed by atoms with Crippen molar-refractivity contribution < 1.29 is 4.79 Å². The fraction of sp³-hybridized carbons (Fsp3) is 0.500. The number of nitrogens with one attached hydrogen (secondary N) is 1. The highest BCUT2D eigenvalue weighted by atomic mass is 16.2. The molecule has 1 aliphatic heterocycles. The summed E-state index contributed by atoms with van der Waals surface area (Å²) in [6.45, 7) is 5.63. The Morgan fingerprint density at radius 1 is 1.50 bits per heavy atom. The first-order valence-corrected chi connectivity index (χ1v) is 6.29. The molecule has 1 aromatic carbocycles. The van der Waals surface area contributed by atoms with Crippen LogP contribution in [-0.4, -0.2) is 26.0 Å². The molecular formula is C14H21N3O. The van der Waals surface area contributed by atoms with E-state index in [1.165, 1.54) is 0 Å². The first-order chi connectivity index (χ1) is 8.46. The van der Waals surface area contributed by atoms with Gasteiger partial charge in [0.25, 0.3) is 0 Å². The van der Waals surface area contributed by atoms with Crippen LogP contribution in [0.3, 0.4) is 0 Å². The maximum Gasteiger partial charge on any atom is 0.227 e. The number of hydrogen-bond donors (Lipinski definition) is 2. The minimum absolute atomic E-state index is 0.107. The molecule has 0 saturated carbocycles. The van der Waals surface area contributed by atoms with Crippen molar-refractivity contribution >= 4 is 17.3 Å². The third-order valence-corrected chi connectivity index (χ3v) is 3.77. The highest BCUT2D eigenvalue weighted by molar-refractivity contribution is 5.84. The minimum atomic E-state index is -0.313. The predicted molar refractivity (Wildman–Crippen MR) is 74.6 cm³/mol. The van der Waals surface area contributed by atoms with E-state index < -0.39 is 0 Å². The number of amides is 1. The van der Waals surface area contributed by atoms with Gasteiger partial charge in [0.1, 0.15) is 0 Å². The Bertz CT molecular complexity index is 472. The fourth-order valence-electron chi connectivity index (χ4n) is 2.62. The highest BCUT2D eigenvalue weighted by Gasteiger charge is 2.40. The number of nitrogens with zero attached hydrogens (tertiary/aromatic N) is 1. The van der Waals surface area contributed by atoms with Gasteiger partial charge in [-0.1, -0.05) is 6.07 Å². The number of benzene rings is 1. The van der Waals surface area contributed by atoms with E-state index in [9.17, 15) is 4.79 Å². The van der Waals surface area contributed by atoms with Crippen LogP contribution >= 0.6 is 0 Å². The van der Waals surface area contributed by atoms with Crippen molar-refractivity contribution in [3.63, 3.8) is 0 Å². The van der Waals surface area contributed by atoms with Crippen molar-refractivity contribution in [1.82, 2.24) is 5.32 Å². The van der Waals surface area contributed by atoms with Gasteiger partial charge in [-0.15, -0.1) is 0 Å². The molecule has 1 atom stereocenters. The second kappa shape index (κ2) is 4.52. The second-order valence-electron chi connectivity index (χ2n) is 5.37. The second-order valence-corrected chi connectivity index (χ2v) is 5.37. The summed E-state index contributed by atoms with van der Waals surface area (Å²) < 4.78 is 0. The lowest BCUT2D eigenvalue weighted by atomic mass is 9.89. The van der Waals surface area contributed by atoms with Crippen molar-refractivity contribution in [3.8, 4) is 0 Å². The first kappa shape index (κ1) is 12.7. The van der Waals surface area contributed by atoms with E-state index in [0.717, 1.165) is 36.4 Å². The molecule has 18 heavy (non-hydrogen) atoms. The molecule has 1 fully saturated rings. The molecule has 0 aliphatic carbocycles. The Kier molecular flexibility index (Phi) is 3.20. The van der Waals surface area contributed by atoms with Gasteiger partial charge in [-0.05, 0) is 38.0 Å². The molecule has 98 valence electrons. The Balaban J connectivity index is 2.20. The van der Waals surface area contributed by atoms with E-state index in [0.29, 0.717) is 0 Å². The van der Waals surface area contributed by atoms with Crippen LogP contribution in [0.15, 0.2) is 18.2 Å². The monoisotopic (exact) mass is 247 g/mol. The third-order valence-electron chi connectivity index (χ3n) is 3.77. The van der Waals surface area contributed by atoms with E-state index in [1.54, 1.807) is 7.05 Å². The number of aryl methyl sites for hydroxylation is 1. The van der Waals surface area contributed by atoms with Gasteiger partial charge in [0.15, 0.2) is 0 Å². The van der Waals surface area contributed by atoms with Crippen molar-refractivity contribution in [1.29, 1.82) is 0 Å². The average molecular weight is 247 g/mol. The quantitative estimate of drug-likeness (QED) is 0.779. The largest absolute Gasteiger partial charge is 0.397 e. The van der Waals surface area contributed by atoms with Crippen molar-refractivity contribution in [2.24, 2.45) is 5.41 Å². The zero-order valence-electron chi connectivity index (χ0n) is 11.3. The number of rotatable bonds is 2. The molecule has 1 amide bonds. The van der Waals surface area contributed by atoms with Gasteiger partial charge in [0, 0.05) is 20.1 Å². The molecule has 0 spiro atoms. The number of hydrogen-bond acceptors (Lipinski definition) is 3. The summed E-state index contributed by atoms with van der Waals surface area (Å²) in [5, 5.41) is 2.75. The van der Waals surface area contributed by atoms with Gasteiger partial charge >= 0.3 is 0 Å². The van der Waals surface area contributed by atoms with Crippen LogP contribution in [0.4, 0.5) is 11.4 Å². The van der Waals surface area contributed by atoms with E-state index in [1.807, 2.05) is 26.0 Å². The van der Waals surface area contributed by atoms with Gasteiger partial charge in [-0.3, -0.25) is 4.79 Å². The Morgan fingerprint density at radius 2 is 2.22 bits per heavy atom. The van der Waals surface area contributed by atoms with Crippen LogP contribution in [0.25, 0.3) is 0 Å². The summed E-state index contributed by atoms with van der Waals surface area (Å²) in [6.07, 6.45) is 0.861. The number of carbonyl (C=O) groups excluding carboxylic acids is 1. The number of carbonyl (C=O) groups is 1. The number of anilines is 2. The smallest absolute Gasteiger partial charge is 0.227 e. The lowest BCUT2D eigenvalue weighted by Crippen LogP contribution is -2.39. The fourth-order valence-corrected chi connectivity index (χ4v) is 2.62. The molecule has 0 bridgehead atoms. The number of nitrogens with two attached hydrogens (primary N) is 1. The van der Waals surface area contributed by atoms with Gasteiger partial charge in [-0.2, -0.15) is 0 Å². The topological polar surface area (TPSA) is 58.4 Å². The zero-order chi connectivity index (χ0) is 13.3. The van der Waals surface area contributed by atoms with Crippen molar-refractivity contribution in [3.05, 3.63) is 23.8 Å². The average Bonchev–Trinajstić information content (AvgIpc) is 2.72. The first-order valence-electron chi connectivity index (χ1n) is 6.29. The molecule has 1 unspecified atom stereocenters. The highest BCUT2D eigenvalue weighted by Crippen LogP contribution is 2.35. The Labute approximate surface area is 108 Å². The third kappa shape index (κ3) is 2.15. The van der Waals surface area contributed by atoms with Crippen LogP contribution in [-0.2, 0) is 4.79 Å².